The molecule has 0 bridgehead atoms. The molecular formula is C9H11N2. The van der Waals surface area contributed by atoms with Gasteiger partial charge in [-0.3, -0.25) is 0 Å². The lowest BCUT2D eigenvalue weighted by Crippen LogP contribution is -1.97. The molecule has 0 amide bonds. The molecule has 0 aromatic carbocycles. The third-order valence-corrected chi connectivity index (χ3v) is 1.95. The van der Waals surface area contributed by atoms with Crippen LogP contribution < -0.4 is 0 Å². The van der Waals surface area contributed by atoms with Crippen molar-refractivity contribution in [1.82, 2.24) is 9.97 Å². The molecule has 0 N–H and O–H groups in total. The average molecular weight is 147 g/mol. The molecule has 1 aliphatic carbocycles. The fourth-order valence-corrected chi connectivity index (χ4v) is 1.13. The molecule has 0 saturated heterocycles. The minimum absolute atomic E-state index is 0.872. The molecule has 1 aromatic rings. The molecule has 1 radical (unpaired) electrons. The molecule has 57 valence electrons. The molecule has 1 aromatic heterocycles. The monoisotopic (exact) mass is 147 g/mol. The Balaban J connectivity index is 2.10. The molecule has 1 saturated carbocycles. The maximum atomic E-state index is 4.29. The van der Waals surface area contributed by atoms with Gasteiger partial charge in [-0.1, -0.05) is 0 Å². The summed E-state index contributed by atoms with van der Waals surface area (Å²) in [7, 11) is 0. The van der Waals surface area contributed by atoms with Crippen LogP contribution in [0.4, 0.5) is 0 Å². The van der Waals surface area contributed by atoms with E-state index in [0.29, 0.717) is 0 Å². The minimum atomic E-state index is 0.872. The Labute approximate surface area is 66.7 Å². The largest absolute Gasteiger partial charge is 0.241 e. The van der Waals surface area contributed by atoms with Crippen molar-refractivity contribution in [3.05, 3.63) is 23.8 Å². The zero-order chi connectivity index (χ0) is 7.68. The Bertz CT molecular complexity index is 253. The molecule has 1 heterocycles. The lowest BCUT2D eigenvalue weighted by molar-refractivity contribution is 0.763. The quantitative estimate of drug-likeness (QED) is 0.634. The van der Waals surface area contributed by atoms with E-state index in [4.69, 9.17) is 0 Å². The third-order valence-electron chi connectivity index (χ3n) is 1.95. The van der Waals surface area contributed by atoms with E-state index >= 15 is 0 Å². The van der Waals surface area contributed by atoms with Crippen LogP contribution in [0.1, 0.15) is 24.4 Å². The fraction of sp³-hybridized carbons (Fsp3) is 0.556. The van der Waals surface area contributed by atoms with E-state index in [9.17, 15) is 0 Å². The van der Waals surface area contributed by atoms with E-state index in [1.54, 1.807) is 6.20 Å². The first-order valence-corrected chi connectivity index (χ1v) is 4.05. The van der Waals surface area contributed by atoms with Crippen LogP contribution in [-0.2, 0) is 6.42 Å². The molecule has 1 fully saturated rings. The van der Waals surface area contributed by atoms with Gasteiger partial charge in [-0.2, -0.15) is 0 Å². The molecular weight excluding hydrogens is 136 g/mol. The molecule has 2 nitrogen and oxygen atoms in total. The molecule has 0 unspecified atom stereocenters. The van der Waals surface area contributed by atoms with Crippen molar-refractivity contribution < 1.29 is 0 Å². The highest BCUT2D eigenvalue weighted by atomic mass is 14.9. The van der Waals surface area contributed by atoms with E-state index in [0.717, 1.165) is 23.9 Å². The molecule has 2 rings (SSSR count). The third kappa shape index (κ3) is 1.76. The van der Waals surface area contributed by atoms with Crippen molar-refractivity contribution in [3.8, 4) is 0 Å². The summed E-state index contributed by atoms with van der Waals surface area (Å²) in [5.74, 6) is 1.86. The van der Waals surface area contributed by atoms with Crippen LogP contribution in [0.3, 0.4) is 0 Å². The van der Waals surface area contributed by atoms with Crippen molar-refractivity contribution in [2.45, 2.75) is 26.2 Å². The van der Waals surface area contributed by atoms with Crippen LogP contribution in [0.25, 0.3) is 0 Å². The highest BCUT2D eigenvalue weighted by Gasteiger charge is 2.22. The Morgan fingerprint density at radius 3 is 3.09 bits per heavy atom. The SMILES string of the molecule is Cc1[c]cnc(CC2CC2)n1. The van der Waals surface area contributed by atoms with Gasteiger partial charge in [0, 0.05) is 24.4 Å². The zero-order valence-electron chi connectivity index (χ0n) is 6.67. The smallest absolute Gasteiger partial charge is 0.128 e. The molecule has 0 spiro atoms. The van der Waals surface area contributed by atoms with Crippen molar-refractivity contribution in [1.29, 1.82) is 0 Å². The van der Waals surface area contributed by atoms with Gasteiger partial charge in [-0.25, -0.2) is 9.97 Å². The second-order valence-corrected chi connectivity index (χ2v) is 3.16. The molecule has 1 aliphatic rings. The van der Waals surface area contributed by atoms with Gasteiger partial charge in [-0.15, -0.1) is 0 Å². The van der Waals surface area contributed by atoms with Gasteiger partial charge in [0.05, 0.1) is 0 Å². The first-order chi connectivity index (χ1) is 5.34. The van der Waals surface area contributed by atoms with Gasteiger partial charge in [0.2, 0.25) is 0 Å². The van der Waals surface area contributed by atoms with Crippen molar-refractivity contribution in [2.75, 3.05) is 0 Å². The van der Waals surface area contributed by atoms with Gasteiger partial charge < -0.3 is 0 Å². The maximum Gasteiger partial charge on any atom is 0.128 e. The van der Waals surface area contributed by atoms with Gasteiger partial charge in [-0.05, 0) is 25.7 Å². The fourth-order valence-electron chi connectivity index (χ4n) is 1.13. The van der Waals surface area contributed by atoms with Crippen LogP contribution in [0.15, 0.2) is 6.20 Å². The number of hydrogen-bond donors (Lipinski definition) is 0. The molecule has 2 heteroatoms. The van der Waals surface area contributed by atoms with E-state index < -0.39 is 0 Å². The van der Waals surface area contributed by atoms with E-state index in [1.807, 2.05) is 6.92 Å². The lowest BCUT2D eigenvalue weighted by atomic mass is 10.3. The first kappa shape index (κ1) is 6.77. The van der Waals surface area contributed by atoms with Gasteiger partial charge >= 0.3 is 0 Å². The van der Waals surface area contributed by atoms with Crippen LogP contribution in [0.5, 0.6) is 0 Å². The normalized spacial score (nSPS) is 16.8. The highest BCUT2D eigenvalue weighted by molar-refractivity contribution is 4.99. The summed E-state index contributed by atoms with van der Waals surface area (Å²) in [5.41, 5.74) is 0.954. The molecule has 0 aliphatic heterocycles. The topological polar surface area (TPSA) is 25.8 Å². The van der Waals surface area contributed by atoms with Crippen molar-refractivity contribution >= 4 is 0 Å². The van der Waals surface area contributed by atoms with E-state index in [1.165, 1.54) is 12.8 Å². The molecule has 11 heavy (non-hydrogen) atoms. The predicted octanol–water partition coefficient (Wildman–Crippen LogP) is 1.54. The Kier molecular flexibility index (Phi) is 1.60. The van der Waals surface area contributed by atoms with E-state index in [-0.39, 0.29) is 0 Å². The second-order valence-electron chi connectivity index (χ2n) is 3.16. The second kappa shape index (κ2) is 2.61. The number of nitrogens with zero attached hydrogens (tertiary/aromatic N) is 2. The van der Waals surface area contributed by atoms with Crippen molar-refractivity contribution in [3.63, 3.8) is 0 Å². The van der Waals surface area contributed by atoms with Gasteiger partial charge in [0.15, 0.2) is 0 Å². The van der Waals surface area contributed by atoms with Crippen LogP contribution in [0.2, 0.25) is 0 Å². The predicted molar refractivity (Wildman–Crippen MR) is 42.0 cm³/mol. The summed E-state index contributed by atoms with van der Waals surface area (Å²) in [5, 5.41) is 0. The van der Waals surface area contributed by atoms with E-state index in [2.05, 4.69) is 16.0 Å². The van der Waals surface area contributed by atoms with Crippen LogP contribution >= 0.6 is 0 Å². The standard InChI is InChI=1S/C9H11N2/c1-7-4-5-10-9(11-7)6-8-2-3-8/h5,8H,2-3,6H2,1H3. The molecule has 0 atom stereocenters. The minimum Gasteiger partial charge on any atom is -0.241 e. The Morgan fingerprint density at radius 2 is 2.45 bits per heavy atom. The Morgan fingerprint density at radius 1 is 1.64 bits per heavy atom. The maximum absolute atomic E-state index is 4.29. The lowest BCUT2D eigenvalue weighted by Gasteiger charge is -1.96. The van der Waals surface area contributed by atoms with Crippen LogP contribution in [-0.4, -0.2) is 9.97 Å². The van der Waals surface area contributed by atoms with Crippen LogP contribution in [0, 0.1) is 18.9 Å². The summed E-state index contributed by atoms with van der Waals surface area (Å²) in [6, 6.07) is 2.94. The van der Waals surface area contributed by atoms with Gasteiger partial charge in [0.1, 0.15) is 5.82 Å². The number of aromatic nitrogens is 2. The van der Waals surface area contributed by atoms with Gasteiger partial charge in [0.25, 0.3) is 0 Å². The average Bonchev–Trinajstić information content (AvgIpc) is 2.71. The number of aryl methyl sites for hydroxylation is 1. The number of hydrogen-bond acceptors (Lipinski definition) is 2. The summed E-state index contributed by atoms with van der Waals surface area (Å²) in [4.78, 5) is 8.44. The number of rotatable bonds is 2. The summed E-state index contributed by atoms with van der Waals surface area (Å²) >= 11 is 0. The van der Waals surface area contributed by atoms with Crippen molar-refractivity contribution in [2.24, 2.45) is 5.92 Å². The Hall–Kier alpha value is -0.920. The highest BCUT2D eigenvalue weighted by Crippen LogP contribution is 2.31. The first-order valence-electron chi connectivity index (χ1n) is 4.05. The summed E-state index contributed by atoms with van der Waals surface area (Å²) in [6.45, 7) is 1.96. The summed E-state index contributed by atoms with van der Waals surface area (Å²) < 4.78 is 0. The summed E-state index contributed by atoms with van der Waals surface area (Å²) in [6.07, 6.45) is 5.51. The zero-order valence-corrected chi connectivity index (χ0v) is 6.67.